The van der Waals surface area contributed by atoms with E-state index in [1.807, 2.05) is 19.1 Å². The van der Waals surface area contributed by atoms with Gasteiger partial charge in [0.05, 0.1) is 12.9 Å². The molecule has 0 spiro atoms. The molecule has 3 aromatic rings. The molecule has 2 heterocycles. The van der Waals surface area contributed by atoms with Crippen LogP contribution in [-0.4, -0.2) is 38.2 Å². The molecule has 9 nitrogen and oxygen atoms in total. The van der Waals surface area contributed by atoms with Crippen LogP contribution in [-0.2, 0) is 35.8 Å². The van der Waals surface area contributed by atoms with E-state index in [4.69, 9.17) is 16.3 Å². The second kappa shape index (κ2) is 7.84. The number of hydrogen-bond donors (Lipinski definition) is 1. The number of halogens is 1. The number of benzene rings is 1. The Morgan fingerprint density at radius 3 is 2.66 bits per heavy atom. The number of aryl methyl sites for hydroxylation is 1. The van der Waals surface area contributed by atoms with Crippen molar-refractivity contribution in [1.29, 1.82) is 0 Å². The third-order valence-electron chi connectivity index (χ3n) is 5.04. The molecule has 0 aliphatic rings. The van der Waals surface area contributed by atoms with Gasteiger partial charge in [-0.15, -0.1) is 0 Å². The van der Waals surface area contributed by atoms with E-state index >= 15 is 0 Å². The molecule has 0 saturated carbocycles. The summed E-state index contributed by atoms with van der Waals surface area (Å²) in [6.07, 6.45) is 1.37. The number of fused-ring (bicyclic) bond motifs is 1. The van der Waals surface area contributed by atoms with Gasteiger partial charge in [0.2, 0.25) is 5.91 Å². The number of nitrogens with zero attached hydrogens (tertiary/aromatic N) is 4. The lowest BCUT2D eigenvalue weighted by Gasteiger charge is -2.29. The largest absolute Gasteiger partial charge is 0.372 e. The number of aromatic nitrogens is 4. The van der Waals surface area contributed by atoms with Gasteiger partial charge in [-0.25, -0.2) is 9.78 Å². The van der Waals surface area contributed by atoms with Crippen LogP contribution < -0.4 is 16.6 Å². The van der Waals surface area contributed by atoms with E-state index in [-0.39, 0.29) is 30.2 Å². The zero-order valence-corrected chi connectivity index (χ0v) is 17.4. The molecule has 154 valence electrons. The molecular weight excluding hydrogens is 398 g/mol. The van der Waals surface area contributed by atoms with Crippen molar-refractivity contribution in [3.05, 3.63) is 62.0 Å². The SMILES string of the molecule is COC(C)(CNC(=O)Cn1cnc2c1c(=O)n(C)c(=O)n2C)c1cccc(Cl)c1. The van der Waals surface area contributed by atoms with Crippen LogP contribution in [0.2, 0.25) is 5.02 Å². The number of rotatable bonds is 6. The highest BCUT2D eigenvalue weighted by atomic mass is 35.5. The molecule has 0 radical (unpaired) electrons. The van der Waals surface area contributed by atoms with Gasteiger partial charge in [-0.3, -0.25) is 18.7 Å². The molecule has 29 heavy (non-hydrogen) atoms. The van der Waals surface area contributed by atoms with Gasteiger partial charge in [0.15, 0.2) is 11.2 Å². The summed E-state index contributed by atoms with van der Waals surface area (Å²) in [6, 6.07) is 7.23. The van der Waals surface area contributed by atoms with Gasteiger partial charge in [0, 0.05) is 26.2 Å². The Hall–Kier alpha value is -2.91. The van der Waals surface area contributed by atoms with Crippen molar-refractivity contribution >= 4 is 28.7 Å². The number of hydrogen-bond acceptors (Lipinski definition) is 5. The summed E-state index contributed by atoms with van der Waals surface area (Å²) in [5, 5.41) is 3.39. The first kappa shape index (κ1) is 20.8. The number of carbonyl (C=O) groups excluding carboxylic acids is 1. The Morgan fingerprint density at radius 1 is 1.28 bits per heavy atom. The van der Waals surface area contributed by atoms with Crippen molar-refractivity contribution in [2.45, 2.75) is 19.1 Å². The average Bonchev–Trinajstić information content (AvgIpc) is 3.12. The molecule has 0 saturated heterocycles. The quantitative estimate of drug-likeness (QED) is 0.636. The minimum atomic E-state index is -0.780. The fourth-order valence-electron chi connectivity index (χ4n) is 3.10. The lowest BCUT2D eigenvalue weighted by molar-refractivity contribution is -0.123. The first-order valence-corrected chi connectivity index (χ1v) is 9.24. The Labute approximate surface area is 171 Å². The Bertz CT molecular complexity index is 1200. The number of nitrogens with one attached hydrogen (secondary N) is 1. The van der Waals surface area contributed by atoms with Crippen molar-refractivity contribution in [1.82, 2.24) is 24.0 Å². The maximum absolute atomic E-state index is 12.5. The van der Waals surface area contributed by atoms with Crippen molar-refractivity contribution in [2.75, 3.05) is 13.7 Å². The summed E-state index contributed by atoms with van der Waals surface area (Å²) in [6.45, 7) is 1.92. The number of imidazole rings is 1. The summed E-state index contributed by atoms with van der Waals surface area (Å²) in [5.41, 5.74) is -0.522. The van der Waals surface area contributed by atoms with Crippen LogP contribution in [0.1, 0.15) is 12.5 Å². The Balaban J connectivity index is 1.81. The van der Waals surface area contributed by atoms with E-state index in [1.165, 1.54) is 29.6 Å². The van der Waals surface area contributed by atoms with Crippen molar-refractivity contribution < 1.29 is 9.53 Å². The third-order valence-corrected chi connectivity index (χ3v) is 5.27. The van der Waals surface area contributed by atoms with E-state index < -0.39 is 16.9 Å². The zero-order valence-electron chi connectivity index (χ0n) is 16.6. The van der Waals surface area contributed by atoms with Crippen LogP contribution in [0.15, 0.2) is 40.2 Å². The maximum atomic E-state index is 12.5. The first-order chi connectivity index (χ1) is 13.7. The molecule has 0 aliphatic heterocycles. The lowest BCUT2D eigenvalue weighted by Crippen LogP contribution is -2.41. The standard InChI is InChI=1S/C19H22ClN5O4/c1-19(29-4,12-6-5-7-13(20)8-12)10-21-14(26)9-25-11-22-16-15(25)17(27)24(3)18(28)23(16)2/h5-8,11H,9-10H2,1-4H3,(H,21,26). The molecule has 2 aromatic heterocycles. The lowest BCUT2D eigenvalue weighted by atomic mass is 9.95. The van der Waals surface area contributed by atoms with Crippen molar-refractivity contribution in [3.63, 3.8) is 0 Å². The predicted molar refractivity (Wildman–Crippen MR) is 109 cm³/mol. The van der Waals surface area contributed by atoms with E-state index in [9.17, 15) is 14.4 Å². The smallest absolute Gasteiger partial charge is 0.332 e. The monoisotopic (exact) mass is 419 g/mol. The number of ether oxygens (including phenoxy) is 1. The van der Waals surface area contributed by atoms with Gasteiger partial charge in [-0.1, -0.05) is 23.7 Å². The van der Waals surface area contributed by atoms with E-state index in [0.717, 1.165) is 10.1 Å². The fraction of sp³-hybridized carbons (Fsp3) is 0.368. The highest BCUT2D eigenvalue weighted by Gasteiger charge is 2.27. The first-order valence-electron chi connectivity index (χ1n) is 8.86. The number of amides is 1. The average molecular weight is 420 g/mol. The molecular formula is C19H22ClN5O4. The van der Waals surface area contributed by atoms with Crippen molar-refractivity contribution in [2.24, 2.45) is 14.1 Å². The molecule has 1 amide bonds. The second-order valence-electron chi connectivity index (χ2n) is 6.97. The molecule has 10 heteroatoms. The highest BCUT2D eigenvalue weighted by Crippen LogP contribution is 2.26. The fourth-order valence-corrected chi connectivity index (χ4v) is 3.29. The van der Waals surface area contributed by atoms with Gasteiger partial charge in [-0.05, 0) is 24.6 Å². The van der Waals surface area contributed by atoms with Crippen LogP contribution in [0.5, 0.6) is 0 Å². The Kier molecular flexibility index (Phi) is 5.63. The van der Waals surface area contributed by atoms with Gasteiger partial charge in [0.25, 0.3) is 5.56 Å². The Morgan fingerprint density at radius 2 is 2.00 bits per heavy atom. The van der Waals surface area contributed by atoms with Crippen LogP contribution in [0.4, 0.5) is 0 Å². The molecule has 1 unspecified atom stereocenters. The topological polar surface area (TPSA) is 100 Å². The van der Waals surface area contributed by atoms with Gasteiger partial charge in [-0.2, -0.15) is 0 Å². The third kappa shape index (κ3) is 3.83. The van der Waals surface area contributed by atoms with Crippen LogP contribution in [0.3, 0.4) is 0 Å². The predicted octanol–water partition coefficient (Wildman–Crippen LogP) is 0.765. The van der Waals surface area contributed by atoms with Crippen LogP contribution >= 0.6 is 11.6 Å². The van der Waals surface area contributed by atoms with E-state index in [2.05, 4.69) is 10.3 Å². The number of methoxy groups -OCH3 is 1. The molecule has 1 N–H and O–H groups in total. The minimum Gasteiger partial charge on any atom is -0.372 e. The van der Waals surface area contributed by atoms with E-state index in [1.54, 1.807) is 19.2 Å². The van der Waals surface area contributed by atoms with Crippen molar-refractivity contribution in [3.8, 4) is 0 Å². The molecule has 3 rings (SSSR count). The highest BCUT2D eigenvalue weighted by molar-refractivity contribution is 6.30. The molecule has 0 bridgehead atoms. The van der Waals surface area contributed by atoms with Gasteiger partial charge < -0.3 is 14.6 Å². The zero-order chi connectivity index (χ0) is 21.3. The second-order valence-corrected chi connectivity index (χ2v) is 7.41. The summed E-state index contributed by atoms with van der Waals surface area (Å²) in [4.78, 5) is 41.1. The van der Waals surface area contributed by atoms with Gasteiger partial charge in [0.1, 0.15) is 12.1 Å². The molecule has 1 aromatic carbocycles. The summed E-state index contributed by atoms with van der Waals surface area (Å²) < 4.78 is 9.30. The summed E-state index contributed by atoms with van der Waals surface area (Å²) >= 11 is 6.06. The van der Waals surface area contributed by atoms with Crippen LogP contribution in [0, 0.1) is 0 Å². The van der Waals surface area contributed by atoms with Gasteiger partial charge >= 0.3 is 5.69 Å². The molecule has 0 aliphatic carbocycles. The van der Waals surface area contributed by atoms with E-state index in [0.29, 0.717) is 5.02 Å². The normalized spacial score (nSPS) is 13.4. The summed E-state index contributed by atoms with van der Waals surface area (Å²) in [7, 11) is 4.47. The molecule has 1 atom stereocenters. The number of carbonyl (C=O) groups is 1. The minimum absolute atomic E-state index is 0.126. The van der Waals surface area contributed by atoms with Crippen LogP contribution in [0.25, 0.3) is 11.2 Å². The maximum Gasteiger partial charge on any atom is 0.332 e. The summed E-state index contributed by atoms with van der Waals surface area (Å²) in [5.74, 6) is -0.328. The molecule has 0 fully saturated rings.